The molecule has 19 heavy (non-hydrogen) atoms. The number of halogens is 1. The molecule has 0 atom stereocenters. The quantitative estimate of drug-likeness (QED) is 0.787. The molecule has 0 bridgehead atoms. The number of hydrogen-bond acceptors (Lipinski definition) is 2. The van der Waals surface area contributed by atoms with E-state index in [-0.39, 0.29) is 0 Å². The number of benzene rings is 2. The molecule has 0 spiro atoms. The van der Waals surface area contributed by atoms with Crippen molar-refractivity contribution in [3.05, 3.63) is 64.2 Å². The van der Waals surface area contributed by atoms with E-state index in [2.05, 4.69) is 35.2 Å². The van der Waals surface area contributed by atoms with Crippen LogP contribution < -0.4 is 4.90 Å². The summed E-state index contributed by atoms with van der Waals surface area (Å²) < 4.78 is 0. The predicted octanol–water partition coefficient (Wildman–Crippen LogP) is 3.77. The highest BCUT2D eigenvalue weighted by molar-refractivity contribution is 6.30. The lowest BCUT2D eigenvalue weighted by molar-refractivity contribution is 0.731. The van der Waals surface area contributed by atoms with Gasteiger partial charge in [-0.25, -0.2) is 0 Å². The summed E-state index contributed by atoms with van der Waals surface area (Å²) in [6, 6.07) is 16.2. The summed E-state index contributed by atoms with van der Waals surface area (Å²) >= 11 is 5.95. The number of nitrogens with zero attached hydrogens (tertiary/aromatic N) is 2. The first-order valence-corrected chi connectivity index (χ1v) is 6.67. The van der Waals surface area contributed by atoms with Crippen LogP contribution in [0.25, 0.3) is 0 Å². The third-order valence-corrected chi connectivity index (χ3v) is 3.79. The van der Waals surface area contributed by atoms with Crippen LogP contribution in [0.4, 0.5) is 5.69 Å². The van der Waals surface area contributed by atoms with Crippen LogP contribution in [0.5, 0.6) is 0 Å². The first-order valence-electron chi connectivity index (χ1n) is 6.29. The highest BCUT2D eigenvalue weighted by Gasteiger charge is 2.18. The van der Waals surface area contributed by atoms with Gasteiger partial charge in [0.1, 0.15) is 6.07 Å². The number of fused-ring (bicyclic) bond motifs is 1. The second-order valence-electron chi connectivity index (χ2n) is 4.71. The second-order valence-corrected chi connectivity index (χ2v) is 5.15. The number of hydrogen-bond donors (Lipinski definition) is 0. The fourth-order valence-electron chi connectivity index (χ4n) is 2.57. The van der Waals surface area contributed by atoms with Gasteiger partial charge < -0.3 is 4.90 Å². The van der Waals surface area contributed by atoms with Gasteiger partial charge in [-0.1, -0.05) is 35.9 Å². The van der Waals surface area contributed by atoms with Gasteiger partial charge in [0.05, 0.1) is 11.3 Å². The van der Waals surface area contributed by atoms with Crippen LogP contribution in [0.15, 0.2) is 42.5 Å². The zero-order valence-corrected chi connectivity index (χ0v) is 11.2. The topological polar surface area (TPSA) is 27.0 Å². The Hall–Kier alpha value is -1.98. The standard InChI is InChI=1S/C16H13ClN2/c17-15-5-6-16(14(9-15)10-18)19-8-7-12-3-1-2-4-13(12)11-19/h1-6,9H,7-8,11H2. The maximum atomic E-state index is 9.23. The lowest BCUT2D eigenvalue weighted by Gasteiger charge is -2.31. The summed E-state index contributed by atoms with van der Waals surface area (Å²) in [5.74, 6) is 0. The summed E-state index contributed by atoms with van der Waals surface area (Å²) in [6.45, 7) is 1.79. The Balaban J connectivity index is 1.96. The molecule has 0 radical (unpaired) electrons. The summed E-state index contributed by atoms with van der Waals surface area (Å²) in [7, 11) is 0. The van der Waals surface area contributed by atoms with E-state index >= 15 is 0 Å². The van der Waals surface area contributed by atoms with Gasteiger partial charge in [-0.15, -0.1) is 0 Å². The van der Waals surface area contributed by atoms with Crippen LogP contribution in [-0.2, 0) is 13.0 Å². The molecule has 0 aliphatic carbocycles. The summed E-state index contributed by atoms with van der Waals surface area (Å²) in [4.78, 5) is 2.25. The number of anilines is 1. The Kier molecular flexibility index (Phi) is 3.15. The number of rotatable bonds is 1. The molecule has 1 aliphatic rings. The highest BCUT2D eigenvalue weighted by atomic mass is 35.5. The molecule has 0 unspecified atom stereocenters. The van der Waals surface area contributed by atoms with Crippen molar-refractivity contribution in [3.8, 4) is 6.07 Å². The normalized spacial score (nSPS) is 13.8. The summed E-state index contributed by atoms with van der Waals surface area (Å²) in [5, 5.41) is 9.84. The van der Waals surface area contributed by atoms with Crippen LogP contribution in [-0.4, -0.2) is 6.54 Å². The van der Waals surface area contributed by atoms with Crippen LogP contribution in [0.2, 0.25) is 5.02 Å². The molecule has 3 heteroatoms. The van der Waals surface area contributed by atoms with Gasteiger partial charge in [0.2, 0.25) is 0 Å². The van der Waals surface area contributed by atoms with Crippen molar-refractivity contribution in [2.75, 3.05) is 11.4 Å². The molecule has 0 saturated heterocycles. The molecule has 0 N–H and O–H groups in total. The van der Waals surface area contributed by atoms with Crippen molar-refractivity contribution in [2.45, 2.75) is 13.0 Å². The molecule has 2 aromatic rings. The van der Waals surface area contributed by atoms with Crippen molar-refractivity contribution >= 4 is 17.3 Å². The van der Waals surface area contributed by atoms with Gasteiger partial charge in [-0.2, -0.15) is 5.26 Å². The Morgan fingerprint density at radius 1 is 1.11 bits per heavy atom. The first kappa shape index (κ1) is 12.1. The SMILES string of the molecule is N#Cc1cc(Cl)ccc1N1CCc2ccccc2C1. The van der Waals surface area contributed by atoms with E-state index in [9.17, 15) is 5.26 Å². The molecule has 1 aliphatic heterocycles. The lowest BCUT2D eigenvalue weighted by Crippen LogP contribution is -2.30. The van der Waals surface area contributed by atoms with Gasteiger partial charge in [0.25, 0.3) is 0 Å². The van der Waals surface area contributed by atoms with Crippen LogP contribution in [0.3, 0.4) is 0 Å². The molecule has 0 fully saturated rings. The van der Waals surface area contributed by atoms with Gasteiger partial charge in [0, 0.05) is 18.1 Å². The monoisotopic (exact) mass is 268 g/mol. The second kappa shape index (κ2) is 4.95. The maximum Gasteiger partial charge on any atom is 0.101 e. The van der Waals surface area contributed by atoms with E-state index in [1.807, 2.05) is 12.1 Å². The molecule has 0 amide bonds. The Labute approximate surface area is 117 Å². The largest absolute Gasteiger partial charge is 0.366 e. The fraction of sp³-hybridized carbons (Fsp3) is 0.188. The van der Waals surface area contributed by atoms with Gasteiger partial charge in [0.15, 0.2) is 0 Å². The molecule has 94 valence electrons. The predicted molar refractivity (Wildman–Crippen MR) is 77.4 cm³/mol. The average Bonchev–Trinajstić information content (AvgIpc) is 2.46. The van der Waals surface area contributed by atoms with E-state index in [0.717, 1.165) is 25.2 Å². The third kappa shape index (κ3) is 2.30. The van der Waals surface area contributed by atoms with Crippen LogP contribution in [0, 0.1) is 11.3 Å². The van der Waals surface area contributed by atoms with E-state index in [4.69, 9.17) is 11.6 Å². The van der Waals surface area contributed by atoms with Crippen molar-refractivity contribution < 1.29 is 0 Å². The van der Waals surface area contributed by atoms with Crippen LogP contribution >= 0.6 is 11.6 Å². The third-order valence-electron chi connectivity index (χ3n) is 3.55. The number of nitriles is 1. The zero-order valence-electron chi connectivity index (χ0n) is 10.4. The average molecular weight is 269 g/mol. The fourth-order valence-corrected chi connectivity index (χ4v) is 2.75. The Bertz CT molecular complexity index is 658. The molecular weight excluding hydrogens is 256 g/mol. The molecule has 0 aromatic heterocycles. The van der Waals surface area contributed by atoms with Gasteiger partial charge >= 0.3 is 0 Å². The minimum absolute atomic E-state index is 0.609. The maximum absolute atomic E-state index is 9.23. The van der Waals surface area contributed by atoms with Crippen molar-refractivity contribution in [1.29, 1.82) is 5.26 Å². The van der Waals surface area contributed by atoms with E-state index in [1.165, 1.54) is 11.1 Å². The lowest BCUT2D eigenvalue weighted by atomic mass is 9.99. The van der Waals surface area contributed by atoms with Gasteiger partial charge in [-0.05, 0) is 35.7 Å². The van der Waals surface area contributed by atoms with E-state index in [1.54, 1.807) is 6.07 Å². The van der Waals surface area contributed by atoms with Crippen molar-refractivity contribution in [3.63, 3.8) is 0 Å². The summed E-state index contributed by atoms with van der Waals surface area (Å²) in [6.07, 6.45) is 1.02. The van der Waals surface area contributed by atoms with Crippen molar-refractivity contribution in [1.82, 2.24) is 0 Å². The Morgan fingerprint density at radius 2 is 1.89 bits per heavy atom. The molecule has 1 heterocycles. The minimum atomic E-state index is 0.609. The van der Waals surface area contributed by atoms with E-state index in [0.29, 0.717) is 10.6 Å². The van der Waals surface area contributed by atoms with Gasteiger partial charge in [-0.3, -0.25) is 0 Å². The van der Waals surface area contributed by atoms with Crippen LogP contribution in [0.1, 0.15) is 16.7 Å². The highest BCUT2D eigenvalue weighted by Crippen LogP contribution is 2.28. The first-order chi connectivity index (χ1) is 9.28. The summed E-state index contributed by atoms with van der Waals surface area (Å²) in [5.41, 5.74) is 4.37. The van der Waals surface area contributed by atoms with Crippen molar-refractivity contribution in [2.24, 2.45) is 0 Å². The molecule has 2 nitrogen and oxygen atoms in total. The van der Waals surface area contributed by atoms with E-state index < -0.39 is 0 Å². The molecule has 0 saturated carbocycles. The minimum Gasteiger partial charge on any atom is -0.366 e. The molecule has 3 rings (SSSR count). The molecular formula is C16H13ClN2. The molecule has 2 aromatic carbocycles. The Morgan fingerprint density at radius 3 is 2.68 bits per heavy atom. The zero-order chi connectivity index (χ0) is 13.2. The smallest absolute Gasteiger partial charge is 0.101 e.